The SMILES string of the molecule is C[C@@H]1CCCC[NH+]1CC(=O)c1c[nH]c2ccccc12. The number of rotatable bonds is 3. The number of aromatic amines is 1. The summed E-state index contributed by atoms with van der Waals surface area (Å²) in [5.74, 6) is 0.265. The molecule has 0 spiro atoms. The number of para-hydroxylation sites is 1. The quantitative estimate of drug-likeness (QED) is 0.809. The third kappa shape index (κ3) is 2.43. The zero-order chi connectivity index (χ0) is 13.2. The summed E-state index contributed by atoms with van der Waals surface area (Å²) in [5.41, 5.74) is 1.90. The van der Waals surface area contributed by atoms with E-state index in [2.05, 4.69) is 11.9 Å². The Hall–Kier alpha value is -1.61. The van der Waals surface area contributed by atoms with Crippen LogP contribution in [0.2, 0.25) is 0 Å². The van der Waals surface area contributed by atoms with E-state index in [0.29, 0.717) is 12.6 Å². The average Bonchev–Trinajstić information content (AvgIpc) is 2.85. The van der Waals surface area contributed by atoms with Crippen LogP contribution in [-0.4, -0.2) is 29.9 Å². The third-order valence-corrected chi connectivity index (χ3v) is 4.36. The molecule has 3 nitrogen and oxygen atoms in total. The normalized spacial score (nSPS) is 23.6. The number of piperidine rings is 1. The summed E-state index contributed by atoms with van der Waals surface area (Å²) < 4.78 is 0. The lowest BCUT2D eigenvalue weighted by atomic mass is 10.0. The summed E-state index contributed by atoms with van der Waals surface area (Å²) in [7, 11) is 0. The number of Topliss-reactive ketones (excluding diaryl/α,β-unsaturated/α-hetero) is 1. The van der Waals surface area contributed by atoms with Crippen molar-refractivity contribution in [2.45, 2.75) is 32.2 Å². The number of benzene rings is 1. The Bertz CT molecular complexity index is 587. The van der Waals surface area contributed by atoms with Crippen LogP contribution in [0.15, 0.2) is 30.5 Å². The Morgan fingerprint density at radius 2 is 2.21 bits per heavy atom. The van der Waals surface area contributed by atoms with Crippen LogP contribution in [0.5, 0.6) is 0 Å². The van der Waals surface area contributed by atoms with Crippen LogP contribution in [0, 0.1) is 0 Å². The number of H-pyrrole nitrogens is 1. The summed E-state index contributed by atoms with van der Waals surface area (Å²) >= 11 is 0. The lowest BCUT2D eigenvalue weighted by Gasteiger charge is -2.29. The van der Waals surface area contributed by atoms with Gasteiger partial charge < -0.3 is 9.88 Å². The van der Waals surface area contributed by atoms with Crippen LogP contribution in [0.1, 0.15) is 36.5 Å². The molecule has 2 aromatic rings. The molecular weight excluding hydrogens is 236 g/mol. The van der Waals surface area contributed by atoms with E-state index in [-0.39, 0.29) is 5.78 Å². The molecule has 1 aromatic carbocycles. The maximum Gasteiger partial charge on any atom is 0.219 e. The van der Waals surface area contributed by atoms with Crippen LogP contribution >= 0.6 is 0 Å². The lowest BCUT2D eigenvalue weighted by Crippen LogP contribution is -3.16. The second-order valence-corrected chi connectivity index (χ2v) is 5.65. The van der Waals surface area contributed by atoms with Gasteiger partial charge in [0.05, 0.1) is 12.6 Å². The summed E-state index contributed by atoms with van der Waals surface area (Å²) in [6.07, 6.45) is 5.67. The molecule has 1 saturated heterocycles. The zero-order valence-corrected chi connectivity index (χ0v) is 11.4. The van der Waals surface area contributed by atoms with Crippen molar-refractivity contribution >= 4 is 16.7 Å². The van der Waals surface area contributed by atoms with E-state index in [1.807, 2.05) is 30.5 Å². The highest BCUT2D eigenvalue weighted by molar-refractivity contribution is 6.08. The molecule has 1 unspecified atom stereocenters. The molecule has 0 radical (unpaired) electrons. The maximum atomic E-state index is 12.5. The molecule has 1 fully saturated rings. The monoisotopic (exact) mass is 257 g/mol. The van der Waals surface area contributed by atoms with Gasteiger partial charge in [0.15, 0.2) is 0 Å². The minimum Gasteiger partial charge on any atom is -0.360 e. The van der Waals surface area contributed by atoms with E-state index in [1.165, 1.54) is 24.2 Å². The summed E-state index contributed by atoms with van der Waals surface area (Å²) in [6.45, 7) is 4.02. The van der Waals surface area contributed by atoms with Crippen molar-refractivity contribution in [3.63, 3.8) is 0 Å². The standard InChI is InChI=1S/C16H20N2O/c1-12-6-4-5-9-18(12)11-16(19)14-10-17-15-8-3-2-7-13(14)15/h2-3,7-8,10,12,17H,4-6,9,11H2,1H3/p+1/t12-/m1/s1. The van der Waals surface area contributed by atoms with Gasteiger partial charge in [0.1, 0.15) is 6.54 Å². The molecule has 2 N–H and O–H groups in total. The van der Waals surface area contributed by atoms with Crippen molar-refractivity contribution in [3.05, 3.63) is 36.0 Å². The number of ketones is 1. The van der Waals surface area contributed by atoms with Crippen LogP contribution in [-0.2, 0) is 0 Å². The summed E-state index contributed by atoms with van der Waals surface area (Å²) in [6, 6.07) is 8.63. The first-order chi connectivity index (χ1) is 9.25. The molecule has 0 aliphatic carbocycles. The number of hydrogen-bond donors (Lipinski definition) is 2. The van der Waals surface area contributed by atoms with E-state index < -0.39 is 0 Å². The molecule has 0 amide bonds. The van der Waals surface area contributed by atoms with Gasteiger partial charge in [-0.1, -0.05) is 18.2 Å². The predicted octanol–water partition coefficient (Wildman–Crippen LogP) is 1.81. The molecule has 2 heterocycles. The van der Waals surface area contributed by atoms with E-state index in [0.717, 1.165) is 23.0 Å². The number of carbonyl (C=O) groups excluding carboxylic acids is 1. The van der Waals surface area contributed by atoms with E-state index in [1.54, 1.807) is 0 Å². The minimum absolute atomic E-state index is 0.265. The first-order valence-corrected chi connectivity index (χ1v) is 7.19. The van der Waals surface area contributed by atoms with E-state index in [4.69, 9.17) is 0 Å². The Morgan fingerprint density at radius 1 is 1.37 bits per heavy atom. The molecule has 0 saturated carbocycles. The third-order valence-electron chi connectivity index (χ3n) is 4.36. The molecule has 3 rings (SSSR count). The Kier molecular flexibility index (Phi) is 3.38. The van der Waals surface area contributed by atoms with Crippen molar-refractivity contribution in [2.75, 3.05) is 13.1 Å². The van der Waals surface area contributed by atoms with Crippen LogP contribution in [0.4, 0.5) is 0 Å². The average molecular weight is 257 g/mol. The largest absolute Gasteiger partial charge is 0.360 e. The number of likely N-dealkylation sites (tertiary alicyclic amines) is 1. The molecule has 100 valence electrons. The van der Waals surface area contributed by atoms with Gasteiger partial charge in [-0.25, -0.2) is 0 Å². The Balaban J connectivity index is 1.80. The van der Waals surface area contributed by atoms with Crippen LogP contribution in [0.3, 0.4) is 0 Å². The summed E-state index contributed by atoms with van der Waals surface area (Å²) in [4.78, 5) is 17.1. The van der Waals surface area contributed by atoms with Crippen LogP contribution < -0.4 is 4.90 Å². The van der Waals surface area contributed by atoms with Gasteiger partial charge in [-0.05, 0) is 32.3 Å². The number of quaternary nitrogens is 1. The van der Waals surface area contributed by atoms with Gasteiger partial charge in [0, 0.05) is 22.7 Å². The van der Waals surface area contributed by atoms with Gasteiger partial charge in [-0.2, -0.15) is 0 Å². The zero-order valence-electron chi connectivity index (χ0n) is 11.4. The van der Waals surface area contributed by atoms with Gasteiger partial charge in [-0.15, -0.1) is 0 Å². The molecule has 1 aliphatic rings. The van der Waals surface area contributed by atoms with Crippen molar-refractivity contribution in [2.24, 2.45) is 0 Å². The number of hydrogen-bond acceptors (Lipinski definition) is 1. The highest BCUT2D eigenvalue weighted by atomic mass is 16.1. The molecule has 19 heavy (non-hydrogen) atoms. The minimum atomic E-state index is 0.265. The van der Waals surface area contributed by atoms with Crippen molar-refractivity contribution in [1.29, 1.82) is 0 Å². The van der Waals surface area contributed by atoms with Crippen molar-refractivity contribution < 1.29 is 9.69 Å². The molecule has 3 heteroatoms. The van der Waals surface area contributed by atoms with Crippen molar-refractivity contribution in [3.8, 4) is 0 Å². The van der Waals surface area contributed by atoms with Gasteiger partial charge in [0.25, 0.3) is 0 Å². The second kappa shape index (κ2) is 5.17. The number of fused-ring (bicyclic) bond motifs is 1. The maximum absolute atomic E-state index is 12.5. The van der Waals surface area contributed by atoms with Gasteiger partial charge in [0.2, 0.25) is 5.78 Å². The van der Waals surface area contributed by atoms with Gasteiger partial charge in [-0.3, -0.25) is 4.79 Å². The first kappa shape index (κ1) is 12.4. The first-order valence-electron chi connectivity index (χ1n) is 7.19. The number of aromatic nitrogens is 1. The number of carbonyl (C=O) groups is 1. The molecular formula is C16H21N2O+. The van der Waals surface area contributed by atoms with Crippen LogP contribution in [0.25, 0.3) is 10.9 Å². The fourth-order valence-electron chi connectivity index (χ4n) is 3.12. The topological polar surface area (TPSA) is 37.3 Å². The van der Waals surface area contributed by atoms with Gasteiger partial charge >= 0.3 is 0 Å². The fraction of sp³-hybridized carbons (Fsp3) is 0.438. The van der Waals surface area contributed by atoms with E-state index >= 15 is 0 Å². The smallest absolute Gasteiger partial charge is 0.219 e. The Morgan fingerprint density at radius 3 is 3.05 bits per heavy atom. The predicted molar refractivity (Wildman–Crippen MR) is 76.6 cm³/mol. The number of nitrogens with one attached hydrogen (secondary N) is 2. The van der Waals surface area contributed by atoms with Crippen molar-refractivity contribution in [1.82, 2.24) is 4.98 Å². The Labute approximate surface area is 113 Å². The molecule has 0 bridgehead atoms. The molecule has 1 aliphatic heterocycles. The highest BCUT2D eigenvalue weighted by Gasteiger charge is 2.25. The molecule has 2 atom stereocenters. The fourth-order valence-corrected chi connectivity index (χ4v) is 3.12. The highest BCUT2D eigenvalue weighted by Crippen LogP contribution is 2.17. The second-order valence-electron chi connectivity index (χ2n) is 5.65. The van der Waals surface area contributed by atoms with E-state index in [9.17, 15) is 4.79 Å². The lowest BCUT2D eigenvalue weighted by molar-refractivity contribution is -0.920. The molecule has 1 aromatic heterocycles. The summed E-state index contributed by atoms with van der Waals surface area (Å²) in [5, 5.41) is 1.05.